The van der Waals surface area contributed by atoms with Crippen molar-refractivity contribution in [3.8, 4) is 11.6 Å². The van der Waals surface area contributed by atoms with E-state index in [-0.39, 0.29) is 0 Å². The third kappa shape index (κ3) is 2.61. The van der Waals surface area contributed by atoms with Gasteiger partial charge >= 0.3 is 0 Å². The van der Waals surface area contributed by atoms with Gasteiger partial charge in [-0.3, -0.25) is 0 Å². The van der Waals surface area contributed by atoms with Gasteiger partial charge in [-0.05, 0) is 67.9 Å². The van der Waals surface area contributed by atoms with E-state index in [4.69, 9.17) is 4.74 Å². The maximum Gasteiger partial charge on any atom is 0.231 e. The molecular weight excluding hydrogens is 304 g/mol. The molecule has 0 fully saturated rings. The molecule has 2 aromatic heterocycles. The first-order valence-electron chi connectivity index (χ1n) is 8.12. The van der Waals surface area contributed by atoms with Crippen LogP contribution in [0.15, 0.2) is 24.5 Å². The van der Waals surface area contributed by atoms with Crippen molar-refractivity contribution in [1.82, 2.24) is 9.97 Å². The molecule has 1 aromatic carbocycles. The topological polar surface area (TPSA) is 35.0 Å². The minimum absolute atomic E-state index is 0.699. The summed E-state index contributed by atoms with van der Waals surface area (Å²) in [6.45, 7) is 6.54. The number of rotatable bonds is 2. The van der Waals surface area contributed by atoms with Crippen LogP contribution in [0.3, 0.4) is 0 Å². The Labute approximate surface area is 140 Å². The maximum atomic E-state index is 6.13. The fourth-order valence-corrected chi connectivity index (χ4v) is 4.55. The number of hydrogen-bond acceptors (Lipinski definition) is 4. The number of hydrogen-bond donors (Lipinski definition) is 0. The van der Waals surface area contributed by atoms with Gasteiger partial charge in [0.05, 0.1) is 5.39 Å². The van der Waals surface area contributed by atoms with Gasteiger partial charge in [-0.25, -0.2) is 9.97 Å². The maximum absolute atomic E-state index is 6.13. The van der Waals surface area contributed by atoms with Crippen LogP contribution in [0, 0.1) is 19.8 Å². The summed E-state index contributed by atoms with van der Waals surface area (Å²) in [4.78, 5) is 11.4. The Bertz CT molecular complexity index is 884. The zero-order valence-electron chi connectivity index (χ0n) is 13.7. The van der Waals surface area contributed by atoms with Crippen LogP contribution in [0.5, 0.6) is 11.6 Å². The van der Waals surface area contributed by atoms with Gasteiger partial charge in [0, 0.05) is 4.88 Å². The average Bonchev–Trinajstić information content (AvgIpc) is 2.89. The highest BCUT2D eigenvalue weighted by Crippen LogP contribution is 2.41. The predicted octanol–water partition coefficient (Wildman–Crippen LogP) is 5.23. The third-order valence-electron chi connectivity index (χ3n) is 4.75. The van der Waals surface area contributed by atoms with Crippen molar-refractivity contribution in [3.05, 3.63) is 46.1 Å². The van der Waals surface area contributed by atoms with Crippen LogP contribution in [-0.4, -0.2) is 9.97 Å². The molecule has 1 unspecified atom stereocenters. The van der Waals surface area contributed by atoms with Crippen LogP contribution >= 0.6 is 11.3 Å². The molecule has 0 radical (unpaired) electrons. The van der Waals surface area contributed by atoms with Gasteiger partial charge in [-0.15, -0.1) is 11.3 Å². The number of thiophene rings is 1. The Kier molecular flexibility index (Phi) is 3.57. The Balaban J connectivity index is 1.79. The molecule has 0 spiro atoms. The molecule has 0 saturated heterocycles. The fourth-order valence-electron chi connectivity index (χ4n) is 3.21. The lowest BCUT2D eigenvalue weighted by Crippen LogP contribution is -2.08. The van der Waals surface area contributed by atoms with Crippen LogP contribution in [0.2, 0.25) is 0 Å². The summed E-state index contributed by atoms with van der Waals surface area (Å²) in [6, 6.07) is 6.18. The summed E-state index contributed by atoms with van der Waals surface area (Å²) >= 11 is 1.80. The number of aromatic nitrogens is 2. The molecule has 118 valence electrons. The first-order valence-corrected chi connectivity index (χ1v) is 8.94. The number of fused-ring (bicyclic) bond motifs is 3. The van der Waals surface area contributed by atoms with E-state index in [9.17, 15) is 0 Å². The number of benzene rings is 1. The van der Waals surface area contributed by atoms with Crippen LogP contribution < -0.4 is 4.74 Å². The van der Waals surface area contributed by atoms with E-state index in [1.807, 2.05) is 6.07 Å². The fraction of sp³-hybridized carbons (Fsp3) is 0.368. The van der Waals surface area contributed by atoms with E-state index >= 15 is 0 Å². The molecule has 0 amide bonds. The van der Waals surface area contributed by atoms with E-state index in [1.54, 1.807) is 17.7 Å². The Morgan fingerprint density at radius 1 is 1.17 bits per heavy atom. The average molecular weight is 324 g/mol. The quantitative estimate of drug-likeness (QED) is 0.648. The highest BCUT2D eigenvalue weighted by Gasteiger charge is 2.23. The van der Waals surface area contributed by atoms with Crippen molar-refractivity contribution >= 4 is 21.6 Å². The van der Waals surface area contributed by atoms with Gasteiger partial charge in [0.2, 0.25) is 5.88 Å². The zero-order chi connectivity index (χ0) is 16.0. The highest BCUT2D eigenvalue weighted by atomic mass is 32.1. The SMILES string of the molecule is Cc1ccc(Oc2ncnc3sc4c(c23)CCC(C)C4)cc1C. The molecule has 23 heavy (non-hydrogen) atoms. The van der Waals surface area contributed by atoms with Crippen molar-refractivity contribution in [3.63, 3.8) is 0 Å². The smallest absolute Gasteiger partial charge is 0.231 e. The van der Waals surface area contributed by atoms with Crippen molar-refractivity contribution < 1.29 is 4.74 Å². The summed E-state index contributed by atoms with van der Waals surface area (Å²) in [5.74, 6) is 2.30. The van der Waals surface area contributed by atoms with Gasteiger partial charge in [0.25, 0.3) is 0 Å². The van der Waals surface area contributed by atoms with Crippen LogP contribution in [0.25, 0.3) is 10.2 Å². The molecular formula is C19H20N2OS. The van der Waals surface area contributed by atoms with Gasteiger partial charge < -0.3 is 4.74 Å². The standard InChI is InChI=1S/C19H20N2OS/c1-11-4-7-15-16(8-11)23-19-17(15)18(20-10-21-19)22-14-6-5-12(2)13(3)9-14/h5-6,9-11H,4,7-8H2,1-3H3. The van der Waals surface area contributed by atoms with Crippen molar-refractivity contribution in [2.45, 2.75) is 40.0 Å². The van der Waals surface area contributed by atoms with Gasteiger partial charge in [-0.1, -0.05) is 13.0 Å². The van der Waals surface area contributed by atoms with E-state index in [2.05, 4.69) is 42.9 Å². The van der Waals surface area contributed by atoms with Crippen molar-refractivity contribution in [2.24, 2.45) is 5.92 Å². The van der Waals surface area contributed by atoms with Crippen molar-refractivity contribution in [1.29, 1.82) is 0 Å². The van der Waals surface area contributed by atoms with Gasteiger partial charge in [0.15, 0.2) is 0 Å². The normalized spacial score (nSPS) is 17.3. The summed E-state index contributed by atoms with van der Waals surface area (Å²) in [5, 5.41) is 1.12. The lowest BCUT2D eigenvalue weighted by Gasteiger charge is -2.18. The van der Waals surface area contributed by atoms with Gasteiger partial charge in [-0.2, -0.15) is 0 Å². The number of aryl methyl sites for hydroxylation is 3. The van der Waals surface area contributed by atoms with Crippen LogP contribution in [0.1, 0.15) is 34.9 Å². The largest absolute Gasteiger partial charge is 0.438 e. The van der Waals surface area contributed by atoms with Crippen LogP contribution in [0.4, 0.5) is 0 Å². The summed E-state index contributed by atoms with van der Waals surface area (Å²) < 4.78 is 6.13. The summed E-state index contributed by atoms with van der Waals surface area (Å²) in [6.07, 6.45) is 5.10. The second-order valence-corrected chi connectivity index (χ2v) is 7.64. The van der Waals surface area contributed by atoms with Gasteiger partial charge in [0.1, 0.15) is 16.9 Å². The number of ether oxygens (including phenoxy) is 1. The molecule has 2 heterocycles. The molecule has 4 rings (SSSR count). The Morgan fingerprint density at radius 2 is 2.04 bits per heavy atom. The van der Waals surface area contributed by atoms with E-state index in [0.717, 1.165) is 34.7 Å². The Morgan fingerprint density at radius 3 is 2.87 bits per heavy atom. The first kappa shape index (κ1) is 14.6. The highest BCUT2D eigenvalue weighted by molar-refractivity contribution is 7.18. The van der Waals surface area contributed by atoms with E-state index in [0.29, 0.717) is 5.88 Å². The minimum Gasteiger partial charge on any atom is -0.438 e. The molecule has 3 aromatic rings. The first-order chi connectivity index (χ1) is 11.1. The molecule has 3 nitrogen and oxygen atoms in total. The molecule has 0 N–H and O–H groups in total. The van der Waals surface area contributed by atoms with Crippen molar-refractivity contribution in [2.75, 3.05) is 0 Å². The molecule has 1 aliphatic rings. The Hall–Kier alpha value is -1.94. The summed E-state index contributed by atoms with van der Waals surface area (Å²) in [7, 11) is 0. The lowest BCUT2D eigenvalue weighted by atomic mass is 9.89. The second kappa shape index (κ2) is 5.60. The zero-order valence-corrected chi connectivity index (χ0v) is 14.5. The molecule has 1 aliphatic carbocycles. The molecule has 0 saturated carbocycles. The van der Waals surface area contributed by atoms with Crippen LogP contribution in [-0.2, 0) is 12.8 Å². The monoisotopic (exact) mass is 324 g/mol. The molecule has 4 heteroatoms. The molecule has 0 bridgehead atoms. The number of nitrogens with zero attached hydrogens (tertiary/aromatic N) is 2. The molecule has 0 aliphatic heterocycles. The molecule has 1 atom stereocenters. The second-order valence-electron chi connectivity index (χ2n) is 6.56. The minimum atomic E-state index is 0.699. The third-order valence-corrected chi connectivity index (χ3v) is 5.91. The predicted molar refractivity (Wildman–Crippen MR) is 94.6 cm³/mol. The lowest BCUT2D eigenvalue weighted by molar-refractivity contribution is 0.466. The van der Waals surface area contributed by atoms with E-state index < -0.39 is 0 Å². The van der Waals surface area contributed by atoms with E-state index in [1.165, 1.54) is 28.0 Å². The summed E-state index contributed by atoms with van der Waals surface area (Å²) in [5.41, 5.74) is 3.91.